The van der Waals surface area contributed by atoms with E-state index in [4.69, 9.17) is 16.3 Å². The maximum absolute atomic E-state index is 14.4. The maximum atomic E-state index is 14.4. The number of nitrogens with one attached hydrogen (secondary N) is 1. The average molecular weight is 367 g/mol. The predicted molar refractivity (Wildman–Crippen MR) is 85.8 cm³/mol. The highest BCUT2D eigenvalue weighted by Gasteiger charge is 2.26. The second-order valence-electron chi connectivity index (χ2n) is 4.60. The number of ether oxygens (including phenoxy) is 1. The zero-order chi connectivity index (χ0) is 15.1. The highest BCUT2D eigenvalue weighted by Crippen LogP contribution is 2.32. The van der Waals surface area contributed by atoms with E-state index < -0.39 is 0 Å². The summed E-state index contributed by atoms with van der Waals surface area (Å²) in [6, 6.07) is 3.35. The Hall–Kier alpha value is -0.160. The molecule has 0 heterocycles. The summed E-state index contributed by atoms with van der Waals surface area (Å²) in [5, 5.41) is 3.49. The predicted octanol–water partition coefficient (Wildman–Crippen LogP) is 5.10. The molecule has 0 aliphatic rings. The summed E-state index contributed by atoms with van der Waals surface area (Å²) >= 11 is 9.24. The average Bonchev–Trinajstić information content (AvgIpc) is 2.45. The van der Waals surface area contributed by atoms with Crippen molar-refractivity contribution >= 4 is 27.5 Å². The first-order chi connectivity index (χ1) is 9.56. The third-order valence-electron chi connectivity index (χ3n) is 3.17. The van der Waals surface area contributed by atoms with E-state index in [0.29, 0.717) is 16.6 Å². The molecule has 1 N–H and O–H groups in total. The van der Waals surface area contributed by atoms with Crippen LogP contribution in [-0.2, 0) is 4.74 Å². The number of hydrogen-bond donors (Lipinski definition) is 1. The van der Waals surface area contributed by atoms with Crippen molar-refractivity contribution in [2.24, 2.45) is 0 Å². The summed E-state index contributed by atoms with van der Waals surface area (Å²) in [6.45, 7) is 7.48. The first-order valence-electron chi connectivity index (χ1n) is 7.05. The second-order valence-corrected chi connectivity index (χ2v) is 5.83. The van der Waals surface area contributed by atoms with Gasteiger partial charge in [-0.15, -0.1) is 0 Å². The van der Waals surface area contributed by atoms with Crippen LogP contribution in [-0.4, -0.2) is 19.3 Å². The van der Waals surface area contributed by atoms with E-state index in [9.17, 15) is 4.39 Å². The molecule has 0 spiro atoms. The van der Waals surface area contributed by atoms with Crippen LogP contribution in [0.3, 0.4) is 0 Å². The molecule has 0 aromatic heterocycles. The van der Waals surface area contributed by atoms with Crippen molar-refractivity contribution < 1.29 is 9.13 Å². The van der Waals surface area contributed by atoms with Crippen LogP contribution in [0.25, 0.3) is 0 Å². The Bertz CT molecular complexity index is 431. The van der Waals surface area contributed by atoms with Crippen molar-refractivity contribution in [2.45, 2.75) is 45.8 Å². The van der Waals surface area contributed by atoms with Gasteiger partial charge in [0.25, 0.3) is 0 Å². The van der Waals surface area contributed by atoms with Gasteiger partial charge in [0.15, 0.2) is 0 Å². The van der Waals surface area contributed by atoms with Crippen LogP contribution in [0.15, 0.2) is 16.6 Å². The number of benzene rings is 1. The molecule has 2 nitrogen and oxygen atoms in total. The minimum absolute atomic E-state index is 0.0710. The summed E-state index contributed by atoms with van der Waals surface area (Å²) < 4.78 is 20.7. The van der Waals surface area contributed by atoms with Gasteiger partial charge in [0, 0.05) is 16.6 Å². The van der Waals surface area contributed by atoms with Crippen LogP contribution in [0, 0.1) is 5.82 Å². The monoisotopic (exact) mass is 365 g/mol. The maximum Gasteiger partial charge on any atom is 0.147 e. The minimum Gasteiger partial charge on any atom is -0.377 e. The fourth-order valence-electron chi connectivity index (χ4n) is 2.19. The summed E-state index contributed by atoms with van der Waals surface area (Å²) in [5.41, 5.74) is 0.562. The fourth-order valence-corrected chi connectivity index (χ4v) is 2.66. The normalized spacial score (nSPS) is 14.3. The molecular weight excluding hydrogens is 345 g/mol. The molecule has 0 saturated carbocycles. The molecular formula is C15H22BrClFNO. The SMILES string of the molecule is CCCNC(c1ccc(Br)c(Cl)c1F)C(CC)OCC. The van der Waals surface area contributed by atoms with Crippen molar-refractivity contribution in [1.29, 1.82) is 0 Å². The molecule has 1 aromatic carbocycles. The van der Waals surface area contributed by atoms with E-state index in [-0.39, 0.29) is 23.0 Å². The molecule has 20 heavy (non-hydrogen) atoms. The van der Waals surface area contributed by atoms with Gasteiger partial charge >= 0.3 is 0 Å². The molecule has 0 radical (unpaired) electrons. The molecule has 0 fully saturated rings. The Balaban J connectivity index is 3.12. The first kappa shape index (κ1) is 17.9. The Morgan fingerprint density at radius 2 is 2.05 bits per heavy atom. The van der Waals surface area contributed by atoms with Crippen molar-refractivity contribution in [2.75, 3.05) is 13.2 Å². The molecule has 1 aromatic rings. The zero-order valence-electron chi connectivity index (χ0n) is 12.2. The lowest BCUT2D eigenvalue weighted by Crippen LogP contribution is -2.35. The minimum atomic E-state index is -0.382. The molecule has 5 heteroatoms. The van der Waals surface area contributed by atoms with Gasteiger partial charge in [-0.05, 0) is 48.3 Å². The Kier molecular flexibility index (Phi) is 8.03. The van der Waals surface area contributed by atoms with Gasteiger partial charge in [0.1, 0.15) is 5.82 Å². The van der Waals surface area contributed by atoms with Crippen molar-refractivity contribution in [1.82, 2.24) is 5.32 Å². The molecule has 1 rings (SSSR count). The van der Waals surface area contributed by atoms with Gasteiger partial charge in [-0.25, -0.2) is 4.39 Å². The second kappa shape index (κ2) is 8.98. The molecule has 114 valence electrons. The van der Waals surface area contributed by atoms with E-state index in [2.05, 4.69) is 28.2 Å². The van der Waals surface area contributed by atoms with Crippen LogP contribution >= 0.6 is 27.5 Å². The van der Waals surface area contributed by atoms with Gasteiger partial charge in [-0.3, -0.25) is 0 Å². The third kappa shape index (κ3) is 4.42. The van der Waals surface area contributed by atoms with Crippen LogP contribution < -0.4 is 5.32 Å². The topological polar surface area (TPSA) is 21.3 Å². The highest BCUT2D eigenvalue weighted by atomic mass is 79.9. The molecule has 0 bridgehead atoms. The van der Waals surface area contributed by atoms with E-state index in [1.165, 1.54) is 0 Å². The summed E-state index contributed by atoms with van der Waals surface area (Å²) in [4.78, 5) is 0. The Morgan fingerprint density at radius 1 is 1.35 bits per heavy atom. The summed E-state index contributed by atoms with van der Waals surface area (Å²) in [5.74, 6) is -0.382. The van der Waals surface area contributed by atoms with Crippen LogP contribution in [0.2, 0.25) is 5.02 Å². The molecule has 2 unspecified atom stereocenters. The summed E-state index contributed by atoms with van der Waals surface area (Å²) in [6.07, 6.45) is 1.71. The highest BCUT2D eigenvalue weighted by molar-refractivity contribution is 9.10. The summed E-state index contributed by atoms with van der Waals surface area (Å²) in [7, 11) is 0. The lowest BCUT2D eigenvalue weighted by atomic mass is 9.98. The lowest BCUT2D eigenvalue weighted by Gasteiger charge is -2.28. The van der Waals surface area contributed by atoms with Crippen molar-refractivity contribution in [3.63, 3.8) is 0 Å². The smallest absolute Gasteiger partial charge is 0.147 e. The van der Waals surface area contributed by atoms with Gasteiger partial charge in [0.05, 0.1) is 17.2 Å². The molecule has 2 atom stereocenters. The largest absolute Gasteiger partial charge is 0.377 e. The first-order valence-corrected chi connectivity index (χ1v) is 8.22. The van der Waals surface area contributed by atoms with E-state index in [1.54, 1.807) is 12.1 Å². The fraction of sp³-hybridized carbons (Fsp3) is 0.600. The third-order valence-corrected chi connectivity index (χ3v) is 4.43. The number of hydrogen-bond acceptors (Lipinski definition) is 2. The van der Waals surface area contributed by atoms with Gasteiger partial charge in [0.2, 0.25) is 0 Å². The number of halogens is 3. The van der Waals surface area contributed by atoms with Crippen LogP contribution in [0.5, 0.6) is 0 Å². The standard InChI is InChI=1S/C15H22BrClFNO/c1-4-9-19-15(12(5-2)20-6-3)10-7-8-11(16)13(17)14(10)18/h7-8,12,15,19H,4-6,9H2,1-3H3. The molecule has 0 amide bonds. The molecule has 0 aliphatic heterocycles. The van der Waals surface area contributed by atoms with Crippen LogP contribution in [0.1, 0.15) is 45.2 Å². The van der Waals surface area contributed by atoms with E-state index >= 15 is 0 Å². The van der Waals surface area contributed by atoms with E-state index in [0.717, 1.165) is 19.4 Å². The van der Waals surface area contributed by atoms with Gasteiger partial charge in [-0.1, -0.05) is 31.5 Å². The van der Waals surface area contributed by atoms with Gasteiger partial charge < -0.3 is 10.1 Å². The number of rotatable bonds is 8. The molecule has 0 aliphatic carbocycles. The van der Waals surface area contributed by atoms with E-state index in [1.807, 2.05) is 13.8 Å². The molecule has 0 saturated heterocycles. The lowest BCUT2D eigenvalue weighted by molar-refractivity contribution is 0.0305. The quantitative estimate of drug-likeness (QED) is 0.646. The van der Waals surface area contributed by atoms with Gasteiger partial charge in [-0.2, -0.15) is 0 Å². The van der Waals surface area contributed by atoms with Crippen LogP contribution in [0.4, 0.5) is 4.39 Å². The Labute approximate surface area is 134 Å². The zero-order valence-corrected chi connectivity index (χ0v) is 14.5. The van der Waals surface area contributed by atoms with Crippen molar-refractivity contribution in [3.05, 3.63) is 33.0 Å². The van der Waals surface area contributed by atoms with Crippen molar-refractivity contribution in [3.8, 4) is 0 Å². The Morgan fingerprint density at radius 3 is 2.60 bits per heavy atom.